The fraction of sp³-hybridized carbons (Fsp3) is 0.152. The van der Waals surface area contributed by atoms with E-state index in [4.69, 9.17) is 4.74 Å². The van der Waals surface area contributed by atoms with Crippen molar-refractivity contribution in [2.75, 3.05) is 4.90 Å². The zero-order chi connectivity index (χ0) is 27.7. The smallest absolute Gasteiger partial charge is 0.300 e. The number of carbonyl (C=O) groups excluding carboxylic acids is 2. The summed E-state index contributed by atoms with van der Waals surface area (Å²) < 4.78 is 19.8. The molecule has 0 spiro atoms. The number of benzene rings is 4. The molecule has 1 amide bonds. The van der Waals surface area contributed by atoms with Gasteiger partial charge in [-0.05, 0) is 91.1 Å². The minimum Gasteiger partial charge on any atom is -0.507 e. The summed E-state index contributed by atoms with van der Waals surface area (Å²) in [5, 5.41) is 11.5. The molecule has 0 saturated carbocycles. The number of ether oxygens (including phenoxy) is 1. The monoisotopic (exact) mass is 521 g/mol. The van der Waals surface area contributed by atoms with E-state index >= 15 is 0 Å². The molecule has 196 valence electrons. The third-order valence-electron chi connectivity index (χ3n) is 6.80. The Hall–Kier alpha value is -4.71. The molecule has 6 heteroatoms. The lowest BCUT2D eigenvalue weighted by Crippen LogP contribution is -2.29. The predicted molar refractivity (Wildman–Crippen MR) is 149 cm³/mol. The first-order valence-corrected chi connectivity index (χ1v) is 12.7. The van der Waals surface area contributed by atoms with Gasteiger partial charge in [0, 0.05) is 11.3 Å². The van der Waals surface area contributed by atoms with Crippen molar-refractivity contribution < 1.29 is 23.8 Å². The van der Waals surface area contributed by atoms with E-state index in [0.29, 0.717) is 29.2 Å². The van der Waals surface area contributed by atoms with Crippen LogP contribution in [0.3, 0.4) is 0 Å². The van der Waals surface area contributed by atoms with Gasteiger partial charge in [0.15, 0.2) is 0 Å². The van der Waals surface area contributed by atoms with E-state index in [0.717, 1.165) is 22.3 Å². The maximum absolute atomic E-state index is 13.8. The lowest BCUT2D eigenvalue weighted by Gasteiger charge is -2.26. The van der Waals surface area contributed by atoms with Gasteiger partial charge in [-0.25, -0.2) is 4.39 Å². The third-order valence-corrected chi connectivity index (χ3v) is 6.80. The molecule has 1 heterocycles. The molecule has 1 aliphatic rings. The summed E-state index contributed by atoms with van der Waals surface area (Å²) in [4.78, 5) is 28.2. The minimum atomic E-state index is -0.930. The van der Waals surface area contributed by atoms with Crippen LogP contribution < -0.4 is 9.64 Å². The average Bonchev–Trinajstić information content (AvgIpc) is 3.18. The second-order valence-electron chi connectivity index (χ2n) is 9.82. The number of Topliss-reactive ketones (excluding diaryl/α,β-unsaturated/α-hetero) is 1. The Balaban J connectivity index is 1.57. The van der Waals surface area contributed by atoms with E-state index in [1.54, 1.807) is 18.2 Å². The number of aryl methyl sites for hydroxylation is 3. The number of aliphatic hydroxyl groups excluding tert-OH is 1. The van der Waals surface area contributed by atoms with E-state index in [9.17, 15) is 19.1 Å². The summed E-state index contributed by atoms with van der Waals surface area (Å²) in [7, 11) is 0. The standard InChI is InChI=1S/C33H28FNO4/c1-20-15-21(2)17-27(16-20)35-30(24-9-12-26(34)13-10-24)29(32(37)33(35)38)31(36)25-11-14-28(22(3)18-25)39-19-23-7-5-4-6-8-23/h4-18,30,36H,19H2,1-3H3/b31-29-. The molecule has 4 aromatic carbocycles. The lowest BCUT2D eigenvalue weighted by molar-refractivity contribution is -0.132. The largest absolute Gasteiger partial charge is 0.507 e. The summed E-state index contributed by atoms with van der Waals surface area (Å²) in [6.07, 6.45) is 0. The molecule has 1 saturated heterocycles. The number of aliphatic hydroxyl groups is 1. The Kier molecular flexibility index (Phi) is 7.03. The van der Waals surface area contributed by atoms with E-state index in [2.05, 4.69) is 0 Å². The average molecular weight is 522 g/mol. The van der Waals surface area contributed by atoms with Crippen LogP contribution in [-0.4, -0.2) is 16.8 Å². The second-order valence-corrected chi connectivity index (χ2v) is 9.82. The van der Waals surface area contributed by atoms with Crippen LogP contribution >= 0.6 is 0 Å². The molecule has 0 aromatic heterocycles. The van der Waals surface area contributed by atoms with Crippen molar-refractivity contribution >= 4 is 23.1 Å². The van der Waals surface area contributed by atoms with Crippen molar-refractivity contribution in [1.82, 2.24) is 0 Å². The van der Waals surface area contributed by atoms with Gasteiger partial charge in [-0.3, -0.25) is 14.5 Å². The third kappa shape index (κ3) is 5.18. The summed E-state index contributed by atoms with van der Waals surface area (Å²) in [5.41, 5.74) is 5.00. The van der Waals surface area contributed by atoms with Gasteiger partial charge in [-0.2, -0.15) is 0 Å². The number of halogens is 1. The number of anilines is 1. The molecule has 4 aromatic rings. The Morgan fingerprint density at radius 1 is 0.872 bits per heavy atom. The number of nitrogens with zero attached hydrogens (tertiary/aromatic N) is 1. The van der Waals surface area contributed by atoms with E-state index in [1.165, 1.54) is 29.2 Å². The van der Waals surface area contributed by atoms with Crippen molar-refractivity contribution in [2.45, 2.75) is 33.4 Å². The van der Waals surface area contributed by atoms with Gasteiger partial charge in [-0.15, -0.1) is 0 Å². The summed E-state index contributed by atoms with van der Waals surface area (Å²) in [5.74, 6) is -1.66. The van der Waals surface area contributed by atoms with Crippen molar-refractivity contribution in [3.05, 3.63) is 136 Å². The van der Waals surface area contributed by atoms with E-state index < -0.39 is 23.5 Å². The van der Waals surface area contributed by atoms with Gasteiger partial charge in [0.2, 0.25) is 0 Å². The lowest BCUT2D eigenvalue weighted by atomic mass is 9.94. The van der Waals surface area contributed by atoms with Gasteiger partial charge >= 0.3 is 0 Å². The molecule has 0 aliphatic carbocycles. The van der Waals surface area contributed by atoms with Crippen LogP contribution in [0.15, 0.2) is 96.6 Å². The Morgan fingerprint density at radius 3 is 2.18 bits per heavy atom. The Morgan fingerprint density at radius 2 is 1.54 bits per heavy atom. The topological polar surface area (TPSA) is 66.8 Å². The van der Waals surface area contributed by atoms with Crippen LogP contribution in [0.4, 0.5) is 10.1 Å². The van der Waals surface area contributed by atoms with Crippen LogP contribution in [0.2, 0.25) is 0 Å². The molecular weight excluding hydrogens is 493 g/mol. The molecule has 5 rings (SSSR count). The summed E-state index contributed by atoms with van der Waals surface area (Å²) in [6, 6.07) is 25.2. The highest BCUT2D eigenvalue weighted by atomic mass is 19.1. The van der Waals surface area contributed by atoms with Gasteiger partial charge in [0.05, 0.1) is 11.6 Å². The maximum Gasteiger partial charge on any atom is 0.300 e. The first-order valence-electron chi connectivity index (χ1n) is 12.7. The molecule has 1 aliphatic heterocycles. The van der Waals surface area contributed by atoms with Crippen LogP contribution in [0.1, 0.15) is 39.4 Å². The molecule has 0 radical (unpaired) electrons. The highest BCUT2D eigenvalue weighted by Gasteiger charge is 2.47. The number of amides is 1. The summed E-state index contributed by atoms with van der Waals surface area (Å²) in [6.45, 7) is 6.05. The molecule has 1 fully saturated rings. The molecule has 1 atom stereocenters. The van der Waals surface area contributed by atoms with Crippen LogP contribution in [-0.2, 0) is 16.2 Å². The fourth-order valence-electron chi connectivity index (χ4n) is 5.00. The normalized spacial score (nSPS) is 16.5. The SMILES string of the molecule is Cc1cc(C)cc(N2C(=O)C(=O)/C(=C(\O)c3ccc(OCc4ccccc4)c(C)c3)C2c2ccc(F)cc2)c1. The second kappa shape index (κ2) is 10.6. The van der Waals surface area contributed by atoms with Crippen LogP contribution in [0, 0.1) is 26.6 Å². The van der Waals surface area contributed by atoms with Crippen molar-refractivity contribution in [3.63, 3.8) is 0 Å². The predicted octanol–water partition coefficient (Wildman–Crippen LogP) is 6.96. The Labute approximate surface area is 226 Å². The number of hydrogen-bond donors (Lipinski definition) is 1. The van der Waals surface area contributed by atoms with Gasteiger partial charge in [-0.1, -0.05) is 48.5 Å². The number of rotatable bonds is 6. The zero-order valence-corrected chi connectivity index (χ0v) is 21.9. The maximum atomic E-state index is 13.8. The van der Waals surface area contributed by atoms with Crippen molar-refractivity contribution in [3.8, 4) is 5.75 Å². The van der Waals surface area contributed by atoms with Crippen molar-refractivity contribution in [1.29, 1.82) is 0 Å². The molecular formula is C33H28FNO4. The quantitative estimate of drug-likeness (QED) is 0.169. The fourth-order valence-corrected chi connectivity index (χ4v) is 5.00. The number of ketones is 1. The van der Waals surface area contributed by atoms with E-state index in [1.807, 2.05) is 69.3 Å². The van der Waals surface area contributed by atoms with Gasteiger partial charge in [0.25, 0.3) is 11.7 Å². The molecule has 0 bridgehead atoms. The van der Waals surface area contributed by atoms with Crippen molar-refractivity contribution in [2.24, 2.45) is 0 Å². The molecule has 1 N–H and O–H groups in total. The highest BCUT2D eigenvalue weighted by Crippen LogP contribution is 2.43. The summed E-state index contributed by atoms with van der Waals surface area (Å²) >= 11 is 0. The van der Waals surface area contributed by atoms with Crippen LogP contribution in [0.25, 0.3) is 5.76 Å². The minimum absolute atomic E-state index is 0.0527. The Bertz CT molecular complexity index is 1570. The van der Waals surface area contributed by atoms with Gasteiger partial charge < -0.3 is 9.84 Å². The number of carbonyl (C=O) groups is 2. The highest BCUT2D eigenvalue weighted by molar-refractivity contribution is 6.51. The molecule has 5 nitrogen and oxygen atoms in total. The zero-order valence-electron chi connectivity index (χ0n) is 21.9. The first kappa shape index (κ1) is 25.9. The van der Waals surface area contributed by atoms with Gasteiger partial charge in [0.1, 0.15) is 23.9 Å². The number of hydrogen-bond acceptors (Lipinski definition) is 4. The van der Waals surface area contributed by atoms with Crippen LogP contribution in [0.5, 0.6) is 5.75 Å². The molecule has 39 heavy (non-hydrogen) atoms. The molecule has 1 unspecified atom stereocenters. The first-order chi connectivity index (χ1) is 18.7. The van der Waals surface area contributed by atoms with E-state index in [-0.39, 0.29) is 11.3 Å².